The molecule has 1 aromatic carbocycles. The van der Waals surface area contributed by atoms with Crippen molar-refractivity contribution in [1.82, 2.24) is 9.97 Å². The van der Waals surface area contributed by atoms with Crippen molar-refractivity contribution in [2.24, 2.45) is 4.99 Å². The van der Waals surface area contributed by atoms with Crippen LogP contribution in [0.3, 0.4) is 0 Å². The first-order valence-corrected chi connectivity index (χ1v) is 6.89. The van der Waals surface area contributed by atoms with Crippen LogP contribution in [-0.4, -0.2) is 15.7 Å². The third-order valence-corrected chi connectivity index (χ3v) is 4.09. The van der Waals surface area contributed by atoms with Gasteiger partial charge in [-0.15, -0.1) is 0 Å². The number of aryl methyl sites for hydroxylation is 1. The van der Waals surface area contributed by atoms with Gasteiger partial charge in [0.05, 0.1) is 6.54 Å². The largest absolute Gasteiger partial charge is 0.276 e. The number of aromatic nitrogens is 2. The van der Waals surface area contributed by atoms with Gasteiger partial charge in [-0.3, -0.25) is 4.99 Å². The van der Waals surface area contributed by atoms with E-state index in [1.807, 2.05) is 12.1 Å². The summed E-state index contributed by atoms with van der Waals surface area (Å²) < 4.78 is 0. The zero-order valence-electron chi connectivity index (χ0n) is 10.4. The van der Waals surface area contributed by atoms with Crippen molar-refractivity contribution in [2.45, 2.75) is 25.8 Å². The first kappa shape index (κ1) is 11.1. The first-order valence-electron chi connectivity index (χ1n) is 6.51. The fraction of sp³-hybridized carbons (Fsp3) is 0.267. The topological polar surface area (TPSA) is 38.1 Å². The number of nitrogens with zero attached hydrogens (tertiary/aromatic N) is 3. The molecular weight excluding hydrogens is 258 g/mol. The molecule has 1 aromatic heterocycles. The standard InChI is InChI=1S/C15H12ClN3/c16-14-11-6-3-7-12(11)18-15(19-14)13-10-5-2-1-4-9(10)8-17-13/h1-2,4-5H,3,6-8H2. The smallest absolute Gasteiger partial charge is 0.180 e. The Balaban J connectivity index is 1.85. The molecule has 94 valence electrons. The van der Waals surface area contributed by atoms with Crippen molar-refractivity contribution in [1.29, 1.82) is 0 Å². The molecule has 0 fully saturated rings. The minimum atomic E-state index is 0.601. The van der Waals surface area contributed by atoms with Crippen LogP contribution in [0.5, 0.6) is 0 Å². The summed E-state index contributed by atoms with van der Waals surface area (Å²) in [5, 5.41) is 0.601. The van der Waals surface area contributed by atoms with Gasteiger partial charge in [0.2, 0.25) is 0 Å². The number of hydrogen-bond acceptors (Lipinski definition) is 3. The lowest BCUT2D eigenvalue weighted by molar-refractivity contribution is 0.898. The van der Waals surface area contributed by atoms with Gasteiger partial charge in [-0.2, -0.15) is 0 Å². The number of fused-ring (bicyclic) bond motifs is 2. The lowest BCUT2D eigenvalue weighted by Crippen LogP contribution is -2.09. The summed E-state index contributed by atoms with van der Waals surface area (Å²) in [5.74, 6) is 0.676. The van der Waals surface area contributed by atoms with E-state index >= 15 is 0 Å². The molecule has 4 heteroatoms. The Morgan fingerprint density at radius 2 is 1.95 bits per heavy atom. The Kier molecular flexibility index (Phi) is 2.42. The van der Waals surface area contributed by atoms with Gasteiger partial charge in [0.15, 0.2) is 5.82 Å². The van der Waals surface area contributed by atoms with E-state index < -0.39 is 0 Å². The summed E-state index contributed by atoms with van der Waals surface area (Å²) in [6.07, 6.45) is 3.12. The molecule has 1 aliphatic heterocycles. The number of benzene rings is 1. The van der Waals surface area contributed by atoms with Gasteiger partial charge in [0.25, 0.3) is 0 Å². The molecular formula is C15H12ClN3. The minimum Gasteiger partial charge on any atom is -0.276 e. The second-order valence-electron chi connectivity index (χ2n) is 4.94. The molecule has 19 heavy (non-hydrogen) atoms. The number of hydrogen-bond donors (Lipinski definition) is 0. The molecule has 3 nitrogen and oxygen atoms in total. The predicted octanol–water partition coefficient (Wildman–Crippen LogP) is 2.97. The summed E-state index contributed by atoms with van der Waals surface area (Å²) in [7, 11) is 0. The van der Waals surface area contributed by atoms with E-state index in [-0.39, 0.29) is 0 Å². The van der Waals surface area contributed by atoms with E-state index in [1.54, 1.807) is 0 Å². The van der Waals surface area contributed by atoms with Gasteiger partial charge >= 0.3 is 0 Å². The Morgan fingerprint density at radius 1 is 1.05 bits per heavy atom. The summed E-state index contributed by atoms with van der Waals surface area (Å²) in [6.45, 7) is 0.712. The van der Waals surface area contributed by atoms with Crippen LogP contribution >= 0.6 is 11.6 Å². The van der Waals surface area contributed by atoms with Crippen LogP contribution in [0.25, 0.3) is 0 Å². The van der Waals surface area contributed by atoms with E-state index in [1.165, 1.54) is 5.56 Å². The SMILES string of the molecule is Clc1nc(C2=NCc3ccccc32)nc2c1CCC2. The monoisotopic (exact) mass is 269 g/mol. The summed E-state index contributed by atoms with van der Waals surface area (Å²) in [5.41, 5.74) is 5.47. The molecule has 0 saturated carbocycles. The summed E-state index contributed by atoms with van der Waals surface area (Å²) in [4.78, 5) is 13.7. The van der Waals surface area contributed by atoms with Crippen molar-refractivity contribution in [3.05, 3.63) is 57.6 Å². The van der Waals surface area contributed by atoms with Gasteiger partial charge in [0, 0.05) is 16.8 Å². The van der Waals surface area contributed by atoms with Gasteiger partial charge in [-0.1, -0.05) is 35.9 Å². The first-order chi connectivity index (χ1) is 9.33. The van der Waals surface area contributed by atoms with Gasteiger partial charge in [-0.25, -0.2) is 9.97 Å². The zero-order chi connectivity index (χ0) is 12.8. The summed E-state index contributed by atoms with van der Waals surface area (Å²) in [6, 6.07) is 8.23. The lowest BCUT2D eigenvalue weighted by atomic mass is 10.1. The molecule has 0 spiro atoms. The average Bonchev–Trinajstić information content (AvgIpc) is 3.04. The van der Waals surface area contributed by atoms with Crippen LogP contribution in [0.2, 0.25) is 5.15 Å². The van der Waals surface area contributed by atoms with Crippen LogP contribution in [0.1, 0.15) is 34.6 Å². The Hall–Kier alpha value is -1.74. The maximum Gasteiger partial charge on any atom is 0.180 e. The van der Waals surface area contributed by atoms with Crippen molar-refractivity contribution < 1.29 is 0 Å². The van der Waals surface area contributed by atoms with E-state index in [9.17, 15) is 0 Å². The van der Waals surface area contributed by atoms with Gasteiger partial charge < -0.3 is 0 Å². The maximum absolute atomic E-state index is 6.27. The zero-order valence-corrected chi connectivity index (χ0v) is 11.1. The third kappa shape index (κ3) is 1.69. The lowest BCUT2D eigenvalue weighted by Gasteiger charge is -2.06. The van der Waals surface area contributed by atoms with Crippen LogP contribution in [-0.2, 0) is 19.4 Å². The number of aliphatic imine (C=N–C) groups is 1. The third-order valence-electron chi connectivity index (χ3n) is 3.77. The highest BCUT2D eigenvalue weighted by Gasteiger charge is 2.23. The van der Waals surface area contributed by atoms with Crippen molar-refractivity contribution in [3.8, 4) is 0 Å². The molecule has 0 unspecified atom stereocenters. The van der Waals surface area contributed by atoms with Crippen molar-refractivity contribution in [2.75, 3.05) is 0 Å². The quantitative estimate of drug-likeness (QED) is 0.747. The normalized spacial score (nSPS) is 16.2. The highest BCUT2D eigenvalue weighted by Crippen LogP contribution is 2.28. The fourth-order valence-electron chi connectivity index (χ4n) is 2.82. The van der Waals surface area contributed by atoms with Gasteiger partial charge in [0.1, 0.15) is 10.9 Å². The fourth-order valence-corrected chi connectivity index (χ4v) is 3.11. The molecule has 0 saturated heterocycles. The second-order valence-corrected chi connectivity index (χ2v) is 5.30. The molecule has 0 bridgehead atoms. The maximum atomic E-state index is 6.27. The second kappa shape index (κ2) is 4.14. The number of rotatable bonds is 1. The average molecular weight is 270 g/mol. The highest BCUT2D eigenvalue weighted by molar-refractivity contribution is 6.30. The number of halogens is 1. The molecule has 2 aromatic rings. The minimum absolute atomic E-state index is 0.601. The molecule has 0 amide bonds. The molecule has 0 atom stereocenters. The van der Waals surface area contributed by atoms with E-state index in [4.69, 9.17) is 11.6 Å². The molecule has 0 N–H and O–H groups in total. The Morgan fingerprint density at radius 3 is 2.89 bits per heavy atom. The molecule has 2 aliphatic rings. The summed E-state index contributed by atoms with van der Waals surface area (Å²) >= 11 is 6.27. The van der Waals surface area contributed by atoms with E-state index in [2.05, 4.69) is 27.1 Å². The Labute approximate surface area is 116 Å². The predicted molar refractivity (Wildman–Crippen MR) is 74.9 cm³/mol. The van der Waals surface area contributed by atoms with Crippen molar-refractivity contribution in [3.63, 3.8) is 0 Å². The molecule has 1 aliphatic carbocycles. The van der Waals surface area contributed by atoms with E-state index in [0.717, 1.165) is 41.8 Å². The van der Waals surface area contributed by atoms with E-state index in [0.29, 0.717) is 17.5 Å². The van der Waals surface area contributed by atoms with Crippen LogP contribution in [0.15, 0.2) is 29.3 Å². The van der Waals surface area contributed by atoms with Crippen molar-refractivity contribution >= 4 is 17.3 Å². The van der Waals surface area contributed by atoms with Crippen LogP contribution in [0, 0.1) is 0 Å². The van der Waals surface area contributed by atoms with Crippen LogP contribution < -0.4 is 0 Å². The molecule has 4 rings (SSSR count). The van der Waals surface area contributed by atoms with Crippen LogP contribution in [0.4, 0.5) is 0 Å². The highest BCUT2D eigenvalue weighted by atomic mass is 35.5. The molecule has 0 radical (unpaired) electrons. The van der Waals surface area contributed by atoms with Gasteiger partial charge in [-0.05, 0) is 24.8 Å². The Bertz CT molecular complexity index is 707. The molecule has 2 heterocycles.